The number of hydrogen-bond acceptors (Lipinski definition) is 5. The average molecular weight is 311 g/mol. The van der Waals surface area contributed by atoms with Crippen molar-refractivity contribution < 1.29 is 9.53 Å². The van der Waals surface area contributed by atoms with E-state index in [1.807, 2.05) is 29.6 Å². The van der Waals surface area contributed by atoms with E-state index in [1.165, 1.54) is 23.2 Å². The molecule has 4 rings (SSSR count). The van der Waals surface area contributed by atoms with Crippen LogP contribution in [0.5, 0.6) is 0 Å². The Labute approximate surface area is 131 Å². The van der Waals surface area contributed by atoms with Gasteiger partial charge in [-0.15, -0.1) is 11.3 Å². The smallest absolute Gasteiger partial charge is 0.415 e. The van der Waals surface area contributed by atoms with Crippen LogP contribution >= 0.6 is 11.3 Å². The van der Waals surface area contributed by atoms with E-state index < -0.39 is 0 Å². The second kappa shape index (κ2) is 5.38. The molecule has 1 amide bonds. The van der Waals surface area contributed by atoms with Crippen LogP contribution in [0.25, 0.3) is 10.2 Å². The normalized spacial score (nSPS) is 17.9. The molecule has 3 heterocycles. The van der Waals surface area contributed by atoms with Crippen molar-refractivity contribution in [2.75, 3.05) is 11.5 Å². The molecule has 5 nitrogen and oxygen atoms in total. The van der Waals surface area contributed by atoms with Gasteiger partial charge >= 0.3 is 6.09 Å². The summed E-state index contributed by atoms with van der Waals surface area (Å²) in [6, 6.07) is 12.0. The van der Waals surface area contributed by atoms with E-state index in [0.29, 0.717) is 12.4 Å². The van der Waals surface area contributed by atoms with Crippen LogP contribution in [0, 0.1) is 0 Å². The summed E-state index contributed by atoms with van der Waals surface area (Å²) in [5.41, 5.74) is 1.17. The molecule has 1 atom stereocenters. The average Bonchev–Trinajstić information content (AvgIpc) is 3.15. The maximum Gasteiger partial charge on any atom is 0.415 e. The monoisotopic (exact) mass is 311 g/mol. The Morgan fingerprint density at radius 3 is 2.95 bits per heavy atom. The third kappa shape index (κ3) is 2.21. The van der Waals surface area contributed by atoms with Crippen LogP contribution in [0.2, 0.25) is 0 Å². The summed E-state index contributed by atoms with van der Waals surface area (Å²) in [5.74, 6) is 0.634. The molecular weight excluding hydrogens is 298 g/mol. The number of ether oxygens (including phenoxy) is 1. The van der Waals surface area contributed by atoms with Gasteiger partial charge in [0.1, 0.15) is 17.8 Å². The number of fused-ring (bicyclic) bond motifs is 1. The Balaban J connectivity index is 1.71. The molecule has 0 saturated carbocycles. The Kier molecular flexibility index (Phi) is 3.23. The predicted molar refractivity (Wildman–Crippen MR) is 85.2 cm³/mol. The van der Waals surface area contributed by atoms with Crippen LogP contribution in [0.4, 0.5) is 10.6 Å². The van der Waals surface area contributed by atoms with E-state index in [1.54, 1.807) is 4.90 Å². The van der Waals surface area contributed by atoms with E-state index in [9.17, 15) is 4.79 Å². The van der Waals surface area contributed by atoms with Crippen molar-refractivity contribution in [1.82, 2.24) is 9.97 Å². The second-order valence-electron chi connectivity index (χ2n) is 5.13. The first kappa shape index (κ1) is 13.2. The molecule has 0 unspecified atom stereocenters. The van der Waals surface area contributed by atoms with Crippen molar-refractivity contribution in [2.24, 2.45) is 0 Å². The number of cyclic esters (lactones) is 1. The van der Waals surface area contributed by atoms with Crippen LogP contribution in [0.3, 0.4) is 0 Å². The maximum absolute atomic E-state index is 12.2. The van der Waals surface area contributed by atoms with E-state index in [4.69, 9.17) is 4.74 Å². The van der Waals surface area contributed by atoms with Gasteiger partial charge in [-0.1, -0.05) is 30.3 Å². The summed E-state index contributed by atoms with van der Waals surface area (Å²) in [6.07, 6.45) is 1.90. The molecule has 0 bridgehead atoms. The van der Waals surface area contributed by atoms with Gasteiger partial charge in [0, 0.05) is 0 Å². The third-order valence-electron chi connectivity index (χ3n) is 3.74. The quantitative estimate of drug-likeness (QED) is 0.745. The molecule has 6 heteroatoms. The zero-order valence-corrected chi connectivity index (χ0v) is 12.5. The number of anilines is 1. The molecule has 3 aromatic rings. The van der Waals surface area contributed by atoms with Gasteiger partial charge in [0.15, 0.2) is 5.82 Å². The van der Waals surface area contributed by atoms with Crippen molar-refractivity contribution in [2.45, 2.75) is 12.5 Å². The Hall–Kier alpha value is -2.47. The lowest BCUT2D eigenvalue weighted by Crippen LogP contribution is -2.35. The minimum absolute atomic E-state index is 0.0482. The number of benzene rings is 1. The number of thiophene rings is 1. The molecular formula is C16H13N3O2S. The fourth-order valence-electron chi connectivity index (χ4n) is 2.73. The Bertz CT molecular complexity index is 818. The fourth-order valence-corrected chi connectivity index (χ4v) is 3.45. The molecule has 1 fully saturated rings. The van der Waals surface area contributed by atoms with Gasteiger partial charge in [0.05, 0.1) is 11.4 Å². The summed E-state index contributed by atoms with van der Waals surface area (Å²) in [6.45, 7) is 0.378. The highest BCUT2D eigenvalue weighted by atomic mass is 32.1. The van der Waals surface area contributed by atoms with Crippen molar-refractivity contribution in [3.05, 3.63) is 53.7 Å². The highest BCUT2D eigenvalue weighted by Gasteiger charge is 2.36. The van der Waals surface area contributed by atoms with Gasteiger partial charge in [-0.2, -0.15) is 0 Å². The first-order chi connectivity index (χ1) is 10.8. The molecule has 1 aromatic carbocycles. The third-order valence-corrected chi connectivity index (χ3v) is 4.56. The fraction of sp³-hybridized carbons (Fsp3) is 0.188. The first-order valence-electron chi connectivity index (χ1n) is 7.01. The van der Waals surface area contributed by atoms with Gasteiger partial charge < -0.3 is 4.74 Å². The molecule has 1 aliphatic rings. The summed E-state index contributed by atoms with van der Waals surface area (Å²) >= 11 is 1.54. The van der Waals surface area contributed by atoms with Crippen LogP contribution in [-0.2, 0) is 11.2 Å². The van der Waals surface area contributed by atoms with Gasteiger partial charge in [-0.3, -0.25) is 4.90 Å². The number of nitrogens with zero attached hydrogens (tertiary/aromatic N) is 3. The number of hydrogen-bond donors (Lipinski definition) is 0. The van der Waals surface area contributed by atoms with E-state index in [0.717, 1.165) is 16.6 Å². The molecule has 1 saturated heterocycles. The van der Waals surface area contributed by atoms with Gasteiger partial charge in [-0.25, -0.2) is 14.8 Å². The molecule has 2 aromatic heterocycles. The number of aromatic nitrogens is 2. The summed E-state index contributed by atoms with van der Waals surface area (Å²) in [5, 5.41) is 2.85. The first-order valence-corrected chi connectivity index (χ1v) is 7.89. The Morgan fingerprint density at radius 2 is 2.09 bits per heavy atom. The molecule has 0 spiro atoms. The van der Waals surface area contributed by atoms with Crippen LogP contribution in [0.1, 0.15) is 5.56 Å². The summed E-state index contributed by atoms with van der Waals surface area (Å²) < 4.78 is 5.26. The molecule has 0 N–H and O–H groups in total. The lowest BCUT2D eigenvalue weighted by atomic mass is 10.1. The van der Waals surface area contributed by atoms with Crippen LogP contribution in [-0.4, -0.2) is 28.7 Å². The zero-order chi connectivity index (χ0) is 14.9. The minimum atomic E-state index is -0.341. The summed E-state index contributed by atoms with van der Waals surface area (Å²) in [4.78, 5) is 23.3. The summed E-state index contributed by atoms with van der Waals surface area (Å²) in [7, 11) is 0. The number of carbonyl (C=O) groups is 1. The van der Waals surface area contributed by atoms with Crippen molar-refractivity contribution in [1.29, 1.82) is 0 Å². The molecule has 22 heavy (non-hydrogen) atoms. The topological polar surface area (TPSA) is 55.3 Å². The maximum atomic E-state index is 12.2. The largest absolute Gasteiger partial charge is 0.447 e. The number of amides is 1. The van der Waals surface area contributed by atoms with E-state index in [-0.39, 0.29) is 12.1 Å². The highest BCUT2D eigenvalue weighted by Crippen LogP contribution is 2.31. The van der Waals surface area contributed by atoms with E-state index >= 15 is 0 Å². The molecule has 0 aliphatic carbocycles. The van der Waals surface area contributed by atoms with Gasteiger partial charge in [0.2, 0.25) is 0 Å². The lowest BCUT2D eigenvalue weighted by Gasteiger charge is -2.20. The molecule has 0 radical (unpaired) electrons. The molecule has 110 valence electrons. The van der Waals surface area contributed by atoms with E-state index in [2.05, 4.69) is 22.1 Å². The van der Waals surface area contributed by atoms with Crippen molar-refractivity contribution >= 4 is 33.5 Å². The zero-order valence-electron chi connectivity index (χ0n) is 11.7. The second-order valence-corrected chi connectivity index (χ2v) is 6.02. The standard InChI is InChI=1S/C16H13N3O2S/c20-16-19(14-13-6-7-22-15(13)18-10-17-14)12(9-21-16)8-11-4-2-1-3-5-11/h1-7,10,12H,8-9H2/t12-/m1/s1. The van der Waals surface area contributed by atoms with Gasteiger partial charge in [-0.05, 0) is 23.4 Å². The SMILES string of the molecule is O=C1OC[C@@H](Cc2ccccc2)N1c1ncnc2sccc12. The Morgan fingerprint density at radius 1 is 1.23 bits per heavy atom. The van der Waals surface area contributed by atoms with Crippen molar-refractivity contribution in [3.8, 4) is 0 Å². The highest BCUT2D eigenvalue weighted by molar-refractivity contribution is 7.16. The predicted octanol–water partition coefficient (Wildman–Crippen LogP) is 3.26. The van der Waals surface area contributed by atoms with Gasteiger partial charge in [0.25, 0.3) is 0 Å². The van der Waals surface area contributed by atoms with Crippen LogP contribution < -0.4 is 4.90 Å². The number of rotatable bonds is 3. The van der Waals surface area contributed by atoms with Crippen molar-refractivity contribution in [3.63, 3.8) is 0 Å². The minimum Gasteiger partial charge on any atom is -0.447 e. The number of carbonyl (C=O) groups excluding carboxylic acids is 1. The molecule has 1 aliphatic heterocycles. The lowest BCUT2D eigenvalue weighted by molar-refractivity contribution is 0.178. The van der Waals surface area contributed by atoms with Crippen LogP contribution in [0.15, 0.2) is 48.1 Å².